The third-order valence-corrected chi connectivity index (χ3v) is 4.46. The Bertz CT molecular complexity index is 671. The maximum atomic E-state index is 12.5. The maximum absolute atomic E-state index is 12.5. The first-order valence-corrected chi connectivity index (χ1v) is 8.42. The number of likely N-dealkylation sites (tertiary alicyclic amines) is 1. The van der Waals surface area contributed by atoms with Crippen molar-refractivity contribution in [2.45, 2.75) is 38.7 Å². The van der Waals surface area contributed by atoms with Crippen molar-refractivity contribution >= 4 is 5.91 Å². The maximum Gasteiger partial charge on any atom is 0.225 e. The lowest BCUT2D eigenvalue weighted by Gasteiger charge is -2.33. The second kappa shape index (κ2) is 7.57. The van der Waals surface area contributed by atoms with Crippen molar-refractivity contribution in [3.8, 4) is 0 Å². The molecule has 6 heteroatoms. The van der Waals surface area contributed by atoms with Crippen molar-refractivity contribution in [1.29, 1.82) is 0 Å². The van der Waals surface area contributed by atoms with Gasteiger partial charge >= 0.3 is 0 Å². The number of nitrogens with zero attached hydrogens (tertiary/aromatic N) is 3. The average molecular weight is 329 g/mol. The van der Waals surface area contributed by atoms with Gasteiger partial charge in [0.15, 0.2) is 5.82 Å². The predicted molar refractivity (Wildman–Crippen MR) is 88.1 cm³/mol. The van der Waals surface area contributed by atoms with Crippen LogP contribution in [-0.4, -0.2) is 39.1 Å². The fourth-order valence-electron chi connectivity index (χ4n) is 3.23. The highest BCUT2D eigenvalue weighted by molar-refractivity contribution is 5.77. The minimum absolute atomic E-state index is 0.000320. The minimum atomic E-state index is -0.751. The molecule has 1 N–H and O–H groups in total. The molecule has 6 nitrogen and oxygen atoms in total. The van der Waals surface area contributed by atoms with Crippen LogP contribution in [0.1, 0.15) is 42.6 Å². The normalized spacial score (nSPS) is 19.2. The Morgan fingerprint density at radius 3 is 2.92 bits per heavy atom. The van der Waals surface area contributed by atoms with Crippen LogP contribution in [0.15, 0.2) is 34.9 Å². The molecule has 0 radical (unpaired) electrons. The quantitative estimate of drug-likeness (QED) is 0.910. The van der Waals surface area contributed by atoms with Gasteiger partial charge in [-0.25, -0.2) is 0 Å². The molecular formula is C18H23N3O3. The van der Waals surface area contributed by atoms with Gasteiger partial charge in [0.05, 0.1) is 12.5 Å². The van der Waals surface area contributed by atoms with Crippen LogP contribution in [0, 0.1) is 12.8 Å². The number of rotatable bonds is 5. The second-order valence-corrected chi connectivity index (χ2v) is 6.41. The molecule has 1 aliphatic rings. The van der Waals surface area contributed by atoms with Gasteiger partial charge in [0.1, 0.15) is 0 Å². The lowest BCUT2D eigenvalue weighted by atomic mass is 9.94. The Morgan fingerprint density at radius 1 is 1.42 bits per heavy atom. The molecule has 128 valence electrons. The number of aliphatic hydroxyl groups is 1. The van der Waals surface area contributed by atoms with Crippen molar-refractivity contribution in [3.05, 3.63) is 47.6 Å². The van der Waals surface area contributed by atoms with Crippen LogP contribution in [0.25, 0.3) is 0 Å². The van der Waals surface area contributed by atoms with Crippen molar-refractivity contribution in [2.24, 2.45) is 5.92 Å². The zero-order chi connectivity index (χ0) is 16.9. The van der Waals surface area contributed by atoms with Gasteiger partial charge in [-0.15, -0.1) is 0 Å². The summed E-state index contributed by atoms with van der Waals surface area (Å²) in [4.78, 5) is 18.6. The molecule has 0 spiro atoms. The van der Waals surface area contributed by atoms with E-state index in [1.165, 1.54) is 0 Å². The first kappa shape index (κ1) is 16.6. The van der Waals surface area contributed by atoms with Crippen LogP contribution in [0.3, 0.4) is 0 Å². The van der Waals surface area contributed by atoms with E-state index in [1.54, 1.807) is 6.92 Å². The number of hydrogen-bond donors (Lipinski definition) is 1. The molecule has 3 rings (SSSR count). The van der Waals surface area contributed by atoms with E-state index in [9.17, 15) is 9.90 Å². The Balaban J connectivity index is 1.55. The number of aliphatic hydroxyl groups excluding tert-OH is 1. The molecule has 1 fully saturated rings. The summed E-state index contributed by atoms with van der Waals surface area (Å²) in [5.41, 5.74) is 0.779. The molecule has 0 bridgehead atoms. The van der Waals surface area contributed by atoms with Crippen LogP contribution in [0.4, 0.5) is 0 Å². The van der Waals surface area contributed by atoms with Gasteiger partial charge in [-0.3, -0.25) is 4.79 Å². The Hall–Kier alpha value is -2.21. The number of hydrogen-bond acceptors (Lipinski definition) is 5. The van der Waals surface area contributed by atoms with Crippen LogP contribution >= 0.6 is 0 Å². The molecule has 2 heterocycles. The molecule has 2 unspecified atom stereocenters. The molecule has 1 aromatic heterocycles. The molecule has 2 atom stereocenters. The molecule has 2 aromatic rings. The monoisotopic (exact) mass is 329 g/mol. The zero-order valence-electron chi connectivity index (χ0n) is 13.9. The summed E-state index contributed by atoms with van der Waals surface area (Å²) < 4.78 is 5.01. The van der Waals surface area contributed by atoms with Crippen molar-refractivity contribution in [1.82, 2.24) is 15.0 Å². The number of amides is 1. The Labute approximate surface area is 141 Å². The summed E-state index contributed by atoms with van der Waals surface area (Å²) in [7, 11) is 0. The SMILES string of the molecule is Cc1nc(CC2CCCN(C(=O)CC(O)c3ccccc3)C2)no1. The summed E-state index contributed by atoms with van der Waals surface area (Å²) >= 11 is 0. The number of benzene rings is 1. The van der Waals surface area contributed by atoms with E-state index in [4.69, 9.17) is 4.52 Å². The average Bonchev–Trinajstić information content (AvgIpc) is 3.00. The second-order valence-electron chi connectivity index (χ2n) is 6.41. The molecule has 0 saturated carbocycles. The van der Waals surface area contributed by atoms with Gasteiger partial charge in [-0.05, 0) is 24.3 Å². The van der Waals surface area contributed by atoms with Gasteiger partial charge in [0.25, 0.3) is 0 Å². The summed E-state index contributed by atoms with van der Waals surface area (Å²) in [6, 6.07) is 9.32. The topological polar surface area (TPSA) is 79.5 Å². The van der Waals surface area contributed by atoms with Gasteiger partial charge in [0.2, 0.25) is 11.8 Å². The van der Waals surface area contributed by atoms with Crippen molar-refractivity contribution in [3.63, 3.8) is 0 Å². The first-order chi connectivity index (χ1) is 11.6. The molecule has 24 heavy (non-hydrogen) atoms. The first-order valence-electron chi connectivity index (χ1n) is 8.42. The zero-order valence-corrected chi connectivity index (χ0v) is 13.9. The van der Waals surface area contributed by atoms with Gasteiger partial charge in [-0.2, -0.15) is 4.98 Å². The van der Waals surface area contributed by atoms with E-state index in [1.807, 2.05) is 35.2 Å². The standard InChI is InChI=1S/C18H23N3O3/c1-13-19-17(20-24-13)10-14-6-5-9-21(12-14)18(23)11-16(22)15-7-3-2-4-8-15/h2-4,7-8,14,16,22H,5-6,9-12H2,1H3. The van der Waals surface area contributed by atoms with Crippen LogP contribution in [-0.2, 0) is 11.2 Å². The van der Waals surface area contributed by atoms with Crippen molar-refractivity contribution in [2.75, 3.05) is 13.1 Å². The molecule has 1 amide bonds. The highest BCUT2D eigenvalue weighted by atomic mass is 16.5. The molecule has 1 saturated heterocycles. The highest BCUT2D eigenvalue weighted by Crippen LogP contribution is 2.23. The van der Waals surface area contributed by atoms with Crippen LogP contribution in [0.2, 0.25) is 0 Å². The lowest BCUT2D eigenvalue weighted by molar-refractivity contribution is -0.135. The fourth-order valence-corrected chi connectivity index (χ4v) is 3.23. The third kappa shape index (κ3) is 4.20. The number of carbonyl (C=O) groups is 1. The van der Waals surface area contributed by atoms with Crippen LogP contribution < -0.4 is 0 Å². The third-order valence-electron chi connectivity index (χ3n) is 4.46. The number of carbonyl (C=O) groups excluding carboxylic acids is 1. The number of aryl methyl sites for hydroxylation is 1. The fraction of sp³-hybridized carbons (Fsp3) is 0.500. The largest absolute Gasteiger partial charge is 0.388 e. The molecule has 1 aromatic carbocycles. The van der Waals surface area contributed by atoms with Crippen molar-refractivity contribution < 1.29 is 14.4 Å². The van der Waals surface area contributed by atoms with Gasteiger partial charge in [0, 0.05) is 26.4 Å². The Morgan fingerprint density at radius 2 is 2.21 bits per heavy atom. The lowest BCUT2D eigenvalue weighted by Crippen LogP contribution is -2.41. The van der Waals surface area contributed by atoms with Gasteiger partial charge < -0.3 is 14.5 Å². The van der Waals surface area contributed by atoms with E-state index < -0.39 is 6.10 Å². The molecular weight excluding hydrogens is 306 g/mol. The van der Waals surface area contributed by atoms with E-state index >= 15 is 0 Å². The van der Waals surface area contributed by atoms with E-state index in [-0.39, 0.29) is 12.3 Å². The highest BCUT2D eigenvalue weighted by Gasteiger charge is 2.26. The smallest absolute Gasteiger partial charge is 0.225 e. The Kier molecular flexibility index (Phi) is 5.25. The van der Waals surface area contributed by atoms with Gasteiger partial charge in [-0.1, -0.05) is 35.5 Å². The number of piperidine rings is 1. The summed E-state index contributed by atoms with van der Waals surface area (Å²) in [6.45, 7) is 3.22. The molecule has 0 aliphatic carbocycles. The minimum Gasteiger partial charge on any atom is -0.388 e. The predicted octanol–water partition coefficient (Wildman–Crippen LogP) is 2.28. The van der Waals surface area contributed by atoms with E-state index in [0.29, 0.717) is 24.2 Å². The van der Waals surface area contributed by atoms with E-state index in [2.05, 4.69) is 10.1 Å². The summed E-state index contributed by atoms with van der Waals surface area (Å²) in [5, 5.41) is 14.2. The van der Waals surface area contributed by atoms with E-state index in [0.717, 1.165) is 31.4 Å². The number of aromatic nitrogens is 2. The summed E-state index contributed by atoms with van der Waals surface area (Å²) in [5.74, 6) is 1.62. The van der Waals surface area contributed by atoms with Crippen LogP contribution in [0.5, 0.6) is 0 Å². The summed E-state index contributed by atoms with van der Waals surface area (Å²) in [6.07, 6.45) is 2.12. The molecule has 1 aliphatic heterocycles.